The minimum Gasteiger partial charge on any atom is -0.508 e. The zero-order valence-corrected chi connectivity index (χ0v) is 14.2. The summed E-state index contributed by atoms with van der Waals surface area (Å²) in [5.41, 5.74) is 3.95. The smallest absolute Gasteiger partial charge is 0.136 e. The number of fused-ring (bicyclic) bond motifs is 3. The molecule has 0 radical (unpaired) electrons. The van der Waals surface area contributed by atoms with Crippen LogP contribution in [-0.4, -0.2) is 10.9 Å². The second-order valence-electron chi connectivity index (χ2n) is 7.78. The van der Waals surface area contributed by atoms with Crippen molar-refractivity contribution in [1.29, 1.82) is 0 Å². The Balaban J connectivity index is 1.77. The van der Waals surface area contributed by atoms with Crippen molar-refractivity contribution in [1.82, 2.24) is 0 Å². The van der Waals surface area contributed by atoms with Crippen LogP contribution in [0.5, 0.6) is 5.75 Å². The van der Waals surface area contributed by atoms with E-state index in [2.05, 4.69) is 37.3 Å². The Morgan fingerprint density at radius 1 is 1.08 bits per heavy atom. The minimum atomic E-state index is 0.0507. The maximum Gasteiger partial charge on any atom is 0.136 e. The highest BCUT2D eigenvalue weighted by molar-refractivity contribution is 5.84. The maximum absolute atomic E-state index is 12.8. The summed E-state index contributed by atoms with van der Waals surface area (Å²) >= 11 is 0. The summed E-state index contributed by atoms with van der Waals surface area (Å²) < 4.78 is 0. The van der Waals surface area contributed by atoms with Crippen molar-refractivity contribution in [3.63, 3.8) is 0 Å². The fraction of sp³-hybridized carbons (Fsp3) is 0.409. The van der Waals surface area contributed by atoms with Gasteiger partial charge in [0.15, 0.2) is 0 Å². The fourth-order valence-electron chi connectivity index (χ4n) is 4.93. The van der Waals surface area contributed by atoms with E-state index in [0.29, 0.717) is 18.0 Å². The van der Waals surface area contributed by atoms with Gasteiger partial charge in [0.2, 0.25) is 0 Å². The molecule has 0 amide bonds. The first-order valence-corrected chi connectivity index (χ1v) is 8.95. The van der Waals surface area contributed by atoms with Gasteiger partial charge in [0.1, 0.15) is 11.5 Å². The van der Waals surface area contributed by atoms with Crippen LogP contribution in [0.1, 0.15) is 48.8 Å². The Morgan fingerprint density at radius 3 is 2.62 bits per heavy atom. The molecule has 1 fully saturated rings. The van der Waals surface area contributed by atoms with E-state index in [1.54, 1.807) is 6.07 Å². The van der Waals surface area contributed by atoms with E-state index < -0.39 is 0 Å². The largest absolute Gasteiger partial charge is 0.508 e. The van der Waals surface area contributed by atoms with Crippen LogP contribution < -0.4 is 0 Å². The first-order valence-electron chi connectivity index (χ1n) is 8.95. The third-order valence-electron chi connectivity index (χ3n) is 6.23. The van der Waals surface area contributed by atoms with Crippen molar-refractivity contribution in [2.24, 2.45) is 11.3 Å². The number of phenolic OH excluding ortho intramolecular Hbond substituents is 1. The number of hydrogen-bond acceptors (Lipinski definition) is 2. The van der Waals surface area contributed by atoms with E-state index in [0.717, 1.165) is 25.7 Å². The Labute approximate surface area is 143 Å². The van der Waals surface area contributed by atoms with Crippen molar-refractivity contribution in [2.45, 2.75) is 44.9 Å². The average molecular weight is 320 g/mol. The van der Waals surface area contributed by atoms with E-state index in [4.69, 9.17) is 0 Å². The lowest BCUT2D eigenvalue weighted by atomic mass is 9.54. The molecular weight excluding hydrogens is 296 g/mol. The highest BCUT2D eigenvalue weighted by Crippen LogP contribution is 2.56. The number of rotatable bonds is 2. The Bertz CT molecular complexity index is 765. The van der Waals surface area contributed by atoms with Crippen molar-refractivity contribution in [3.05, 3.63) is 65.2 Å². The van der Waals surface area contributed by atoms with Gasteiger partial charge < -0.3 is 5.11 Å². The van der Waals surface area contributed by atoms with E-state index in [9.17, 15) is 9.90 Å². The second kappa shape index (κ2) is 5.77. The first kappa shape index (κ1) is 15.4. The maximum atomic E-state index is 12.8. The predicted molar refractivity (Wildman–Crippen MR) is 95.2 cm³/mol. The normalized spacial score (nSPS) is 29.0. The Kier molecular flexibility index (Phi) is 3.71. The summed E-state index contributed by atoms with van der Waals surface area (Å²) in [5.74, 6) is 1.06. The summed E-state index contributed by atoms with van der Waals surface area (Å²) in [4.78, 5) is 12.8. The molecule has 0 spiro atoms. The quantitative estimate of drug-likeness (QED) is 0.874. The topological polar surface area (TPSA) is 37.3 Å². The Hall–Kier alpha value is -2.09. The minimum absolute atomic E-state index is 0.0507. The monoisotopic (exact) mass is 320 g/mol. The van der Waals surface area contributed by atoms with Gasteiger partial charge in [0.25, 0.3) is 0 Å². The second-order valence-corrected chi connectivity index (χ2v) is 7.78. The van der Waals surface area contributed by atoms with Crippen LogP contribution in [0.3, 0.4) is 0 Å². The number of aromatic hydroxyl groups is 1. The molecule has 2 aliphatic rings. The van der Waals surface area contributed by atoms with Gasteiger partial charge in [-0.2, -0.15) is 0 Å². The number of Topliss-reactive ketones (excluding diaryl/α,β-unsaturated/α-hetero) is 1. The zero-order valence-electron chi connectivity index (χ0n) is 14.2. The first-order chi connectivity index (χ1) is 11.6. The Morgan fingerprint density at radius 2 is 1.83 bits per heavy atom. The van der Waals surface area contributed by atoms with Gasteiger partial charge in [0.05, 0.1) is 0 Å². The van der Waals surface area contributed by atoms with Gasteiger partial charge in [-0.25, -0.2) is 0 Å². The number of carbonyl (C=O) groups excluding carboxylic acids is 1. The van der Waals surface area contributed by atoms with Gasteiger partial charge in [-0.3, -0.25) is 4.79 Å². The third kappa shape index (κ3) is 2.54. The lowest BCUT2D eigenvalue weighted by molar-refractivity contribution is -0.129. The van der Waals surface area contributed by atoms with Crippen molar-refractivity contribution < 1.29 is 9.90 Å². The highest BCUT2D eigenvalue weighted by atomic mass is 16.3. The summed E-state index contributed by atoms with van der Waals surface area (Å²) in [6.07, 6.45) is 4.62. The zero-order chi connectivity index (χ0) is 16.7. The molecule has 0 aromatic heterocycles. The molecule has 0 bridgehead atoms. The van der Waals surface area contributed by atoms with E-state index in [1.807, 2.05) is 12.1 Å². The number of carbonyl (C=O) groups is 1. The van der Waals surface area contributed by atoms with Gasteiger partial charge >= 0.3 is 0 Å². The number of benzene rings is 2. The molecular formula is C22H24O2. The predicted octanol–water partition coefficient (Wildman–Crippen LogP) is 4.65. The molecule has 24 heavy (non-hydrogen) atoms. The summed E-state index contributed by atoms with van der Waals surface area (Å²) in [6, 6.07) is 16.1. The molecule has 3 atom stereocenters. The highest BCUT2D eigenvalue weighted by Gasteiger charge is 2.48. The van der Waals surface area contributed by atoms with Gasteiger partial charge in [-0.1, -0.05) is 43.3 Å². The summed E-state index contributed by atoms with van der Waals surface area (Å²) in [6.45, 7) is 2.36. The van der Waals surface area contributed by atoms with E-state index in [-0.39, 0.29) is 17.3 Å². The average Bonchev–Trinajstić information content (AvgIpc) is 2.59. The van der Waals surface area contributed by atoms with Gasteiger partial charge in [-0.15, -0.1) is 0 Å². The van der Waals surface area contributed by atoms with Gasteiger partial charge in [-0.05, 0) is 65.8 Å². The molecule has 0 unspecified atom stereocenters. The van der Waals surface area contributed by atoms with Gasteiger partial charge in [0, 0.05) is 12.3 Å². The number of ketones is 1. The molecule has 1 N–H and O–H groups in total. The van der Waals surface area contributed by atoms with Crippen LogP contribution in [0.15, 0.2) is 48.5 Å². The molecule has 2 heteroatoms. The van der Waals surface area contributed by atoms with E-state index in [1.165, 1.54) is 16.7 Å². The molecule has 2 aliphatic carbocycles. The number of hydrogen-bond donors (Lipinski definition) is 1. The van der Waals surface area contributed by atoms with E-state index >= 15 is 0 Å². The molecule has 4 rings (SSSR count). The standard InChI is InChI=1S/C22H24O2/c1-22-11-9-16-14-17(23)7-8-18(16)21(22)19(20(24)10-12-22)13-15-5-3-2-4-6-15/h2-8,14,19,21,23H,9-13H2,1H3/t19-,21+,22+/m1/s1. The van der Waals surface area contributed by atoms with Crippen molar-refractivity contribution in [2.75, 3.05) is 0 Å². The molecule has 124 valence electrons. The van der Waals surface area contributed by atoms with Crippen LogP contribution in [0.4, 0.5) is 0 Å². The molecule has 1 saturated carbocycles. The number of phenols is 1. The van der Waals surface area contributed by atoms with Crippen LogP contribution in [0.2, 0.25) is 0 Å². The SMILES string of the molecule is C[C@]12CCC(=O)[C@@H](Cc3ccccc3)[C@@H]1c1ccc(O)cc1CC2. The molecule has 0 heterocycles. The van der Waals surface area contributed by atoms with Crippen molar-refractivity contribution >= 4 is 5.78 Å². The number of aryl methyl sites for hydroxylation is 1. The lowest BCUT2D eigenvalue weighted by Gasteiger charge is -2.49. The molecule has 2 aromatic rings. The van der Waals surface area contributed by atoms with Crippen molar-refractivity contribution in [3.8, 4) is 5.75 Å². The third-order valence-corrected chi connectivity index (χ3v) is 6.23. The van der Waals surface area contributed by atoms with Crippen LogP contribution in [0.25, 0.3) is 0 Å². The van der Waals surface area contributed by atoms with Crippen LogP contribution in [0, 0.1) is 11.3 Å². The summed E-state index contributed by atoms with van der Waals surface area (Å²) in [5, 5.41) is 9.83. The lowest BCUT2D eigenvalue weighted by Crippen LogP contribution is -2.44. The fourth-order valence-corrected chi connectivity index (χ4v) is 4.93. The van der Waals surface area contributed by atoms with Crippen LogP contribution in [-0.2, 0) is 17.6 Å². The van der Waals surface area contributed by atoms with Crippen LogP contribution >= 0.6 is 0 Å². The molecule has 0 aliphatic heterocycles. The molecule has 0 saturated heterocycles. The summed E-state index contributed by atoms with van der Waals surface area (Å²) in [7, 11) is 0. The molecule has 2 nitrogen and oxygen atoms in total. The molecule has 2 aromatic carbocycles.